The van der Waals surface area contributed by atoms with Gasteiger partial charge in [0, 0.05) is 10.9 Å². The second-order valence-corrected chi connectivity index (χ2v) is 7.45. The minimum Gasteiger partial charge on any atom is -0.491 e. The van der Waals surface area contributed by atoms with Crippen molar-refractivity contribution in [3.63, 3.8) is 0 Å². The third-order valence-corrected chi connectivity index (χ3v) is 4.68. The number of carbonyl (C=O) groups excluding carboxylic acids is 1. The Bertz CT molecular complexity index is 910. The van der Waals surface area contributed by atoms with Gasteiger partial charge < -0.3 is 14.8 Å². The molecule has 5 nitrogen and oxygen atoms in total. The van der Waals surface area contributed by atoms with Crippen LogP contribution in [0.2, 0.25) is 0 Å². The maximum absolute atomic E-state index is 12.7. The molecule has 0 bridgehead atoms. The Labute approximate surface area is 169 Å². The summed E-state index contributed by atoms with van der Waals surface area (Å²) in [6.07, 6.45) is 0.104. The van der Waals surface area contributed by atoms with Crippen molar-refractivity contribution in [1.82, 2.24) is 10.3 Å². The Morgan fingerprint density at radius 1 is 1.11 bits per heavy atom. The van der Waals surface area contributed by atoms with Gasteiger partial charge in [0.25, 0.3) is 5.91 Å². The van der Waals surface area contributed by atoms with Gasteiger partial charge in [-0.1, -0.05) is 18.2 Å². The summed E-state index contributed by atoms with van der Waals surface area (Å²) in [4.78, 5) is 16.9. The molecule has 1 aromatic heterocycles. The fourth-order valence-corrected chi connectivity index (χ4v) is 3.23. The van der Waals surface area contributed by atoms with Gasteiger partial charge in [-0.3, -0.25) is 4.79 Å². The van der Waals surface area contributed by atoms with E-state index in [0.29, 0.717) is 17.9 Å². The number of carbonyl (C=O) groups is 1. The maximum atomic E-state index is 12.7. The summed E-state index contributed by atoms with van der Waals surface area (Å²) in [5.74, 6) is 1.29. The van der Waals surface area contributed by atoms with E-state index in [1.807, 2.05) is 62.5 Å². The van der Waals surface area contributed by atoms with E-state index in [4.69, 9.17) is 9.47 Å². The van der Waals surface area contributed by atoms with Crippen molar-refractivity contribution in [2.24, 2.45) is 0 Å². The van der Waals surface area contributed by atoms with E-state index in [2.05, 4.69) is 10.3 Å². The van der Waals surface area contributed by atoms with Gasteiger partial charge in [-0.25, -0.2) is 4.98 Å². The molecule has 146 valence electrons. The van der Waals surface area contributed by atoms with Crippen LogP contribution in [-0.2, 0) is 6.61 Å². The SMILES string of the molecule is CC(C)Oc1cccc(C(C)NC(=O)c2cccc(OCc3cscn3)c2)c1. The first-order valence-corrected chi connectivity index (χ1v) is 10.1. The molecule has 0 radical (unpaired) electrons. The highest BCUT2D eigenvalue weighted by Gasteiger charge is 2.13. The van der Waals surface area contributed by atoms with Crippen LogP contribution < -0.4 is 14.8 Å². The van der Waals surface area contributed by atoms with Crippen molar-refractivity contribution in [3.05, 3.63) is 76.2 Å². The molecule has 1 N–H and O–H groups in total. The number of nitrogens with one attached hydrogen (secondary N) is 1. The fourth-order valence-electron chi connectivity index (χ4n) is 2.69. The van der Waals surface area contributed by atoms with Gasteiger partial charge in [0.1, 0.15) is 18.1 Å². The number of nitrogens with zero attached hydrogens (tertiary/aromatic N) is 1. The van der Waals surface area contributed by atoms with Gasteiger partial charge in [0.15, 0.2) is 0 Å². The average molecular weight is 397 g/mol. The van der Waals surface area contributed by atoms with Crippen LogP contribution in [0.3, 0.4) is 0 Å². The lowest BCUT2D eigenvalue weighted by Gasteiger charge is -2.17. The molecule has 6 heteroatoms. The molecular formula is C22H24N2O3S. The maximum Gasteiger partial charge on any atom is 0.251 e. The van der Waals surface area contributed by atoms with E-state index in [1.165, 1.54) is 11.3 Å². The number of ether oxygens (including phenoxy) is 2. The zero-order valence-corrected chi connectivity index (χ0v) is 17.0. The standard InChI is InChI=1S/C22H24N2O3S/c1-15(2)27-21-9-4-6-17(10-21)16(3)24-22(25)18-7-5-8-20(11-18)26-12-19-13-28-14-23-19/h4-11,13-16H,12H2,1-3H3,(H,24,25). The van der Waals surface area contributed by atoms with Crippen molar-refractivity contribution in [3.8, 4) is 11.5 Å². The van der Waals surface area contributed by atoms with Crippen LogP contribution >= 0.6 is 11.3 Å². The molecule has 3 aromatic rings. The van der Waals surface area contributed by atoms with E-state index in [1.54, 1.807) is 17.6 Å². The van der Waals surface area contributed by atoms with E-state index in [9.17, 15) is 4.79 Å². The van der Waals surface area contributed by atoms with E-state index in [0.717, 1.165) is 17.0 Å². The molecule has 0 fully saturated rings. The smallest absolute Gasteiger partial charge is 0.251 e. The molecule has 2 aromatic carbocycles. The highest BCUT2D eigenvalue weighted by molar-refractivity contribution is 7.07. The number of aromatic nitrogens is 1. The Morgan fingerprint density at radius 3 is 2.64 bits per heavy atom. The molecule has 1 heterocycles. The zero-order chi connectivity index (χ0) is 19.9. The Morgan fingerprint density at radius 2 is 1.89 bits per heavy atom. The average Bonchev–Trinajstić information content (AvgIpc) is 3.20. The number of hydrogen-bond acceptors (Lipinski definition) is 5. The first-order chi connectivity index (χ1) is 13.5. The van der Waals surface area contributed by atoms with Crippen molar-refractivity contribution >= 4 is 17.2 Å². The third kappa shape index (κ3) is 5.57. The second-order valence-electron chi connectivity index (χ2n) is 6.73. The topological polar surface area (TPSA) is 60.5 Å². The molecule has 0 spiro atoms. The largest absolute Gasteiger partial charge is 0.491 e. The van der Waals surface area contributed by atoms with Crippen LogP contribution in [0.5, 0.6) is 11.5 Å². The van der Waals surface area contributed by atoms with Crippen LogP contribution in [0.1, 0.15) is 48.4 Å². The van der Waals surface area contributed by atoms with Crippen molar-refractivity contribution in [2.75, 3.05) is 0 Å². The van der Waals surface area contributed by atoms with E-state index >= 15 is 0 Å². The molecule has 0 aliphatic rings. The summed E-state index contributed by atoms with van der Waals surface area (Å²) in [5, 5.41) is 4.97. The number of benzene rings is 2. The first kappa shape index (κ1) is 19.9. The van der Waals surface area contributed by atoms with Gasteiger partial charge >= 0.3 is 0 Å². The molecule has 1 amide bonds. The molecule has 3 rings (SSSR count). The molecule has 0 saturated heterocycles. The lowest BCUT2D eigenvalue weighted by molar-refractivity contribution is 0.0939. The van der Waals surface area contributed by atoms with Gasteiger partial charge in [-0.15, -0.1) is 11.3 Å². The Balaban J connectivity index is 1.63. The predicted octanol–water partition coefficient (Wildman–Crippen LogP) is 5.00. The summed E-state index contributed by atoms with van der Waals surface area (Å²) in [6.45, 7) is 6.31. The van der Waals surface area contributed by atoms with Crippen molar-refractivity contribution in [2.45, 2.75) is 39.5 Å². The van der Waals surface area contributed by atoms with Crippen molar-refractivity contribution in [1.29, 1.82) is 0 Å². The summed E-state index contributed by atoms with van der Waals surface area (Å²) in [5.41, 5.74) is 4.18. The van der Waals surface area contributed by atoms with Gasteiger partial charge in [0.05, 0.1) is 23.4 Å². The highest BCUT2D eigenvalue weighted by atomic mass is 32.1. The number of hydrogen-bond donors (Lipinski definition) is 1. The van der Waals surface area contributed by atoms with Crippen LogP contribution in [0.15, 0.2) is 59.4 Å². The van der Waals surface area contributed by atoms with Gasteiger partial charge in [-0.2, -0.15) is 0 Å². The van der Waals surface area contributed by atoms with Crippen LogP contribution in [-0.4, -0.2) is 17.0 Å². The number of thiazole rings is 1. The minimum atomic E-state index is -0.151. The molecule has 0 saturated carbocycles. The molecular weight excluding hydrogens is 372 g/mol. The van der Waals surface area contributed by atoms with E-state index in [-0.39, 0.29) is 18.1 Å². The van der Waals surface area contributed by atoms with Crippen LogP contribution in [0.4, 0.5) is 0 Å². The first-order valence-electron chi connectivity index (χ1n) is 9.18. The zero-order valence-electron chi connectivity index (χ0n) is 16.2. The fraction of sp³-hybridized carbons (Fsp3) is 0.273. The van der Waals surface area contributed by atoms with Crippen LogP contribution in [0.25, 0.3) is 0 Å². The number of amides is 1. The monoisotopic (exact) mass is 396 g/mol. The molecule has 1 atom stereocenters. The molecule has 0 aliphatic heterocycles. The quantitative estimate of drug-likeness (QED) is 0.582. The second kappa shape index (κ2) is 9.37. The van der Waals surface area contributed by atoms with Gasteiger partial charge in [0.2, 0.25) is 0 Å². The summed E-state index contributed by atoms with van der Waals surface area (Å²) < 4.78 is 11.5. The summed E-state index contributed by atoms with van der Waals surface area (Å²) in [7, 11) is 0. The molecule has 0 aliphatic carbocycles. The molecule has 1 unspecified atom stereocenters. The lowest BCUT2D eigenvalue weighted by atomic mass is 10.1. The number of rotatable bonds is 8. The normalized spacial score (nSPS) is 11.9. The van der Waals surface area contributed by atoms with Crippen LogP contribution in [0, 0.1) is 0 Å². The minimum absolute atomic E-state index is 0.104. The van der Waals surface area contributed by atoms with E-state index < -0.39 is 0 Å². The molecule has 28 heavy (non-hydrogen) atoms. The Kier molecular flexibility index (Phi) is 6.66. The lowest BCUT2D eigenvalue weighted by Crippen LogP contribution is -2.26. The highest BCUT2D eigenvalue weighted by Crippen LogP contribution is 2.21. The Hall–Kier alpha value is -2.86. The third-order valence-electron chi connectivity index (χ3n) is 4.04. The van der Waals surface area contributed by atoms with Crippen molar-refractivity contribution < 1.29 is 14.3 Å². The summed E-state index contributed by atoms with van der Waals surface area (Å²) in [6, 6.07) is 14.8. The van der Waals surface area contributed by atoms with Gasteiger partial charge in [-0.05, 0) is 56.7 Å². The predicted molar refractivity (Wildman–Crippen MR) is 111 cm³/mol. The summed E-state index contributed by atoms with van der Waals surface area (Å²) >= 11 is 1.53.